The van der Waals surface area contributed by atoms with Crippen molar-refractivity contribution in [3.8, 4) is 0 Å². The van der Waals surface area contributed by atoms with E-state index in [2.05, 4.69) is 6.92 Å². The Bertz CT molecular complexity index is 411. The molecule has 1 spiro atoms. The molecule has 4 saturated heterocycles. The zero-order chi connectivity index (χ0) is 14.1. The van der Waals surface area contributed by atoms with Crippen LogP contribution in [0.2, 0.25) is 0 Å². The molecule has 1 unspecified atom stereocenters. The molecule has 1 N–H and O–H groups in total. The monoisotopic (exact) mass is 284 g/mol. The topological polar surface area (TPSA) is 57.2 Å². The molecular formula is C15H24O5. The van der Waals surface area contributed by atoms with Gasteiger partial charge in [0.15, 0.2) is 18.2 Å². The van der Waals surface area contributed by atoms with Crippen LogP contribution in [0.4, 0.5) is 0 Å². The van der Waals surface area contributed by atoms with Crippen LogP contribution < -0.4 is 0 Å². The van der Waals surface area contributed by atoms with E-state index in [9.17, 15) is 5.11 Å². The molecule has 5 nitrogen and oxygen atoms in total. The summed E-state index contributed by atoms with van der Waals surface area (Å²) >= 11 is 0. The van der Waals surface area contributed by atoms with E-state index in [1.165, 1.54) is 6.42 Å². The van der Waals surface area contributed by atoms with E-state index in [1.54, 1.807) is 0 Å². The van der Waals surface area contributed by atoms with Gasteiger partial charge in [0.1, 0.15) is 0 Å². The fourth-order valence-electron chi connectivity index (χ4n) is 4.89. The highest BCUT2D eigenvalue weighted by Gasteiger charge is 2.69. The molecule has 0 radical (unpaired) electrons. The maximum Gasteiger partial charge on any atom is 0.201 e. The lowest BCUT2D eigenvalue weighted by Gasteiger charge is -2.59. The number of hydrogen-bond donors (Lipinski definition) is 1. The van der Waals surface area contributed by atoms with Gasteiger partial charge >= 0.3 is 0 Å². The summed E-state index contributed by atoms with van der Waals surface area (Å²) in [4.78, 5) is 11.6. The molecule has 2 bridgehead atoms. The van der Waals surface area contributed by atoms with E-state index in [0.29, 0.717) is 11.8 Å². The standard InChI is InChI=1S/C15H24O5/c1-8-4-5-11-9(2)12(16)17-13-15(11)10(8)6-7-14(3,18-13)19-20-15/h8-13,16H,4-7H2,1-3H3/t8-,9+,10+,11-,12?,13+,14-,15+/m0/s1. The van der Waals surface area contributed by atoms with Crippen molar-refractivity contribution >= 4 is 0 Å². The molecule has 20 heavy (non-hydrogen) atoms. The molecule has 0 amide bonds. The Balaban J connectivity index is 1.82. The molecule has 5 fully saturated rings. The molecular weight excluding hydrogens is 260 g/mol. The van der Waals surface area contributed by atoms with Crippen molar-refractivity contribution in [1.82, 2.24) is 0 Å². The van der Waals surface area contributed by atoms with Crippen LogP contribution in [0.1, 0.15) is 46.5 Å². The van der Waals surface area contributed by atoms with Crippen LogP contribution in [0.15, 0.2) is 0 Å². The van der Waals surface area contributed by atoms with Crippen LogP contribution in [0, 0.1) is 23.7 Å². The summed E-state index contributed by atoms with van der Waals surface area (Å²) in [5, 5.41) is 10.2. The van der Waals surface area contributed by atoms with Gasteiger partial charge in [0.25, 0.3) is 0 Å². The molecule has 0 aromatic rings. The fraction of sp³-hybridized carbons (Fsp3) is 1.00. The SMILES string of the molecule is C[C@H]1CC[C@H]2[C@@H](C)C(O)O[C@@H]3O[C@]4(C)CC[C@H]1[C@]32OO4. The van der Waals surface area contributed by atoms with Gasteiger partial charge < -0.3 is 14.6 Å². The highest BCUT2D eigenvalue weighted by Crippen LogP contribution is 2.60. The predicted octanol–water partition coefficient (Wildman–Crippen LogP) is 2.19. The molecule has 1 saturated carbocycles. The summed E-state index contributed by atoms with van der Waals surface area (Å²) in [7, 11) is 0. The van der Waals surface area contributed by atoms with E-state index >= 15 is 0 Å². The van der Waals surface area contributed by atoms with Crippen LogP contribution in [-0.4, -0.2) is 29.1 Å². The predicted molar refractivity (Wildman–Crippen MR) is 69.0 cm³/mol. The van der Waals surface area contributed by atoms with Gasteiger partial charge in [-0.2, -0.15) is 0 Å². The number of hydrogen-bond acceptors (Lipinski definition) is 5. The molecule has 5 aliphatic rings. The van der Waals surface area contributed by atoms with Gasteiger partial charge in [-0.15, -0.1) is 0 Å². The van der Waals surface area contributed by atoms with E-state index in [-0.39, 0.29) is 11.8 Å². The lowest BCUT2D eigenvalue weighted by molar-refractivity contribution is -0.576. The van der Waals surface area contributed by atoms with E-state index in [1.807, 2.05) is 13.8 Å². The smallest absolute Gasteiger partial charge is 0.201 e. The van der Waals surface area contributed by atoms with E-state index < -0.39 is 24.0 Å². The first kappa shape index (κ1) is 13.5. The molecule has 1 aliphatic carbocycles. The summed E-state index contributed by atoms with van der Waals surface area (Å²) in [6.07, 6.45) is 2.72. The van der Waals surface area contributed by atoms with Crippen molar-refractivity contribution in [3.05, 3.63) is 0 Å². The zero-order valence-corrected chi connectivity index (χ0v) is 12.4. The molecule has 114 valence electrons. The van der Waals surface area contributed by atoms with Crippen LogP contribution in [0.3, 0.4) is 0 Å². The Morgan fingerprint density at radius 2 is 1.85 bits per heavy atom. The van der Waals surface area contributed by atoms with Crippen molar-refractivity contribution in [1.29, 1.82) is 0 Å². The van der Waals surface area contributed by atoms with Gasteiger partial charge in [0.05, 0.1) is 0 Å². The first-order valence-electron chi connectivity index (χ1n) is 7.84. The van der Waals surface area contributed by atoms with Crippen molar-refractivity contribution in [3.63, 3.8) is 0 Å². The molecule has 0 aromatic heterocycles. The molecule has 8 atom stereocenters. The Kier molecular flexibility index (Phi) is 2.81. The lowest BCUT2D eigenvalue weighted by Crippen LogP contribution is -2.70. The van der Waals surface area contributed by atoms with E-state index in [0.717, 1.165) is 19.3 Å². The minimum absolute atomic E-state index is 0.0379. The highest BCUT2D eigenvalue weighted by atomic mass is 17.3. The van der Waals surface area contributed by atoms with Crippen LogP contribution in [0.5, 0.6) is 0 Å². The third-order valence-electron chi connectivity index (χ3n) is 6.12. The minimum Gasteiger partial charge on any atom is -0.368 e. The van der Waals surface area contributed by atoms with Gasteiger partial charge in [0.2, 0.25) is 5.79 Å². The van der Waals surface area contributed by atoms with Crippen LogP contribution >= 0.6 is 0 Å². The van der Waals surface area contributed by atoms with Gasteiger partial charge in [-0.3, -0.25) is 0 Å². The molecule has 4 heterocycles. The Hall–Kier alpha value is -0.200. The zero-order valence-electron chi connectivity index (χ0n) is 12.4. The second-order valence-corrected chi connectivity index (χ2v) is 7.30. The fourth-order valence-corrected chi connectivity index (χ4v) is 4.89. The van der Waals surface area contributed by atoms with Gasteiger partial charge in [-0.05, 0) is 38.0 Å². The Morgan fingerprint density at radius 1 is 1.05 bits per heavy atom. The number of rotatable bonds is 0. The largest absolute Gasteiger partial charge is 0.368 e. The molecule has 5 rings (SSSR count). The minimum atomic E-state index is -0.781. The number of aliphatic hydroxyl groups is 1. The normalized spacial score (nSPS) is 61.8. The van der Waals surface area contributed by atoms with Gasteiger partial charge in [-0.1, -0.05) is 13.8 Å². The number of ether oxygens (including phenoxy) is 2. The Morgan fingerprint density at radius 3 is 2.65 bits per heavy atom. The third-order valence-corrected chi connectivity index (χ3v) is 6.12. The maximum atomic E-state index is 10.2. The molecule has 5 heteroatoms. The number of fused-ring (bicyclic) bond motifs is 2. The number of aliphatic hydroxyl groups excluding tert-OH is 1. The van der Waals surface area contributed by atoms with E-state index in [4.69, 9.17) is 19.2 Å². The molecule has 0 aromatic carbocycles. The molecule has 4 aliphatic heterocycles. The quantitative estimate of drug-likeness (QED) is 0.691. The summed E-state index contributed by atoms with van der Waals surface area (Å²) in [6.45, 7) is 6.22. The maximum absolute atomic E-state index is 10.2. The first-order chi connectivity index (χ1) is 9.46. The summed E-state index contributed by atoms with van der Waals surface area (Å²) in [5.74, 6) is 0.437. The van der Waals surface area contributed by atoms with Crippen molar-refractivity contribution in [2.75, 3.05) is 0 Å². The summed E-state index contributed by atoms with van der Waals surface area (Å²) in [5.41, 5.74) is -0.549. The average Bonchev–Trinajstić information content (AvgIpc) is 2.63. The van der Waals surface area contributed by atoms with Crippen molar-refractivity contribution in [2.24, 2.45) is 23.7 Å². The van der Waals surface area contributed by atoms with Crippen LogP contribution in [-0.2, 0) is 19.2 Å². The first-order valence-corrected chi connectivity index (χ1v) is 7.84. The lowest BCUT2D eigenvalue weighted by atomic mass is 9.58. The average molecular weight is 284 g/mol. The third kappa shape index (κ3) is 1.56. The Labute approximate surface area is 119 Å². The highest BCUT2D eigenvalue weighted by molar-refractivity contribution is 5.08. The van der Waals surface area contributed by atoms with Crippen molar-refractivity contribution < 1.29 is 24.4 Å². The second-order valence-electron chi connectivity index (χ2n) is 7.30. The van der Waals surface area contributed by atoms with Gasteiger partial charge in [0, 0.05) is 18.3 Å². The van der Waals surface area contributed by atoms with Crippen LogP contribution in [0.25, 0.3) is 0 Å². The second kappa shape index (κ2) is 4.17. The van der Waals surface area contributed by atoms with Crippen molar-refractivity contribution in [2.45, 2.75) is 70.4 Å². The van der Waals surface area contributed by atoms with Gasteiger partial charge in [-0.25, -0.2) is 9.78 Å². The summed E-state index contributed by atoms with van der Waals surface area (Å²) < 4.78 is 11.9. The summed E-state index contributed by atoms with van der Waals surface area (Å²) in [6, 6.07) is 0.